The summed E-state index contributed by atoms with van der Waals surface area (Å²) >= 11 is 0. The molecule has 3 unspecified atom stereocenters. The van der Waals surface area contributed by atoms with Crippen molar-refractivity contribution in [3.8, 4) is 0 Å². The van der Waals surface area contributed by atoms with Crippen LogP contribution in [-0.4, -0.2) is 177 Å². The lowest BCUT2D eigenvalue weighted by molar-refractivity contribution is -0.144. The Balaban J connectivity index is 3.94. The average molecular weight is 1100 g/mol. The Morgan fingerprint density at radius 3 is 1.17 bits per heavy atom. The number of hydrogen-bond donors (Lipinski definition) is 11. The van der Waals surface area contributed by atoms with E-state index >= 15 is 0 Å². The van der Waals surface area contributed by atoms with E-state index in [4.69, 9.17) is 29.8 Å². The summed E-state index contributed by atoms with van der Waals surface area (Å²) in [5.41, 5.74) is 5.51. The quantitative estimate of drug-likeness (QED) is 0.0237. The van der Waals surface area contributed by atoms with Gasteiger partial charge < -0.3 is 81.8 Å². The number of allylic oxidation sites excluding steroid dienone is 1. The van der Waals surface area contributed by atoms with Gasteiger partial charge in [-0.3, -0.25) is 28.8 Å². The maximum atomic E-state index is 12.4. The van der Waals surface area contributed by atoms with Crippen molar-refractivity contribution in [1.29, 1.82) is 0 Å². The maximum Gasteiger partial charge on any atom is 0.326 e. The molecule has 0 aromatic heterocycles. The van der Waals surface area contributed by atoms with Gasteiger partial charge in [0.25, 0.3) is 0 Å². The molecule has 6 amide bonds. The molecular formula is C52H91N7O18. The molecule has 0 heterocycles. The highest BCUT2D eigenvalue weighted by Crippen LogP contribution is 2.15. The average Bonchev–Trinajstić information content (AvgIpc) is 3.38. The van der Waals surface area contributed by atoms with Crippen molar-refractivity contribution in [3.63, 3.8) is 0 Å². The zero-order valence-electron chi connectivity index (χ0n) is 45.1. The summed E-state index contributed by atoms with van der Waals surface area (Å²) < 4.78 is 21.2. The molecule has 4 atom stereocenters. The van der Waals surface area contributed by atoms with Gasteiger partial charge in [0.05, 0.1) is 51.4 Å². The van der Waals surface area contributed by atoms with E-state index in [1.54, 1.807) is 0 Å². The van der Waals surface area contributed by atoms with Crippen LogP contribution in [0.2, 0.25) is 0 Å². The Morgan fingerprint density at radius 2 is 0.740 bits per heavy atom. The number of ether oxygens (including phenoxy) is 4. The van der Waals surface area contributed by atoms with E-state index in [1.807, 2.05) is 0 Å². The number of aldehydes is 1. The molecule has 0 radical (unpaired) electrons. The largest absolute Gasteiger partial charge is 0.513 e. The fraction of sp³-hybridized carbons (Fsp3) is 0.769. The highest BCUT2D eigenvalue weighted by atomic mass is 16.5. The molecule has 0 fully saturated rings. The molecule has 0 aliphatic heterocycles. The van der Waals surface area contributed by atoms with Crippen LogP contribution in [-0.2, 0) is 66.9 Å². The number of aliphatic carboxylic acids is 3. The standard InChI is InChI=1S/C52H91N7O18/c1-39(61)18-14-12-10-8-6-4-2-3-5-7-9-11-13-15-20-46(64)57-41(50(68)69)22-25-45(63)55-28-30-74-32-34-76-37-48(66)56-29-31-75-33-35-77-38-49(67)59-43(52(72)73)23-26-47(65)58-42(51(70)71)21-24-44(62)54-27-17-16-19-40(53)36-60/h36,40-43,61H,1-35,37-38,53H2,(H,54,62)(H,55,63)(H,56,66)(H,57,64)(H,58,65)(H,59,67)(H,68,69)(H,70,71)(H,72,73)/t40?,41?,42?,43-/m0/s1. The predicted octanol–water partition coefficient (Wildman–Crippen LogP) is 2.46. The van der Waals surface area contributed by atoms with Gasteiger partial charge in [-0.15, -0.1) is 0 Å². The van der Waals surface area contributed by atoms with Gasteiger partial charge in [0.2, 0.25) is 35.4 Å². The van der Waals surface area contributed by atoms with Gasteiger partial charge in [0.15, 0.2) is 0 Å². The first-order valence-corrected chi connectivity index (χ1v) is 27.2. The molecule has 0 saturated carbocycles. The van der Waals surface area contributed by atoms with Gasteiger partial charge in [0, 0.05) is 51.7 Å². The van der Waals surface area contributed by atoms with Gasteiger partial charge >= 0.3 is 17.9 Å². The lowest BCUT2D eigenvalue weighted by Crippen LogP contribution is -2.45. The van der Waals surface area contributed by atoms with Crippen LogP contribution in [0.1, 0.15) is 161 Å². The molecule has 25 nitrogen and oxygen atoms in total. The summed E-state index contributed by atoms with van der Waals surface area (Å²) in [6.45, 7) is 3.85. The van der Waals surface area contributed by atoms with Crippen molar-refractivity contribution < 1.29 is 87.3 Å². The van der Waals surface area contributed by atoms with Crippen molar-refractivity contribution in [3.05, 3.63) is 12.3 Å². The van der Waals surface area contributed by atoms with Gasteiger partial charge in [0.1, 0.15) is 37.6 Å². The first kappa shape index (κ1) is 71.2. The van der Waals surface area contributed by atoms with E-state index < -0.39 is 78.7 Å². The first-order valence-electron chi connectivity index (χ1n) is 27.2. The number of carbonyl (C=O) groups excluding carboxylic acids is 7. The molecule has 0 rings (SSSR count). The lowest BCUT2D eigenvalue weighted by Gasteiger charge is -2.17. The van der Waals surface area contributed by atoms with Crippen molar-refractivity contribution in [2.75, 3.05) is 72.5 Å². The van der Waals surface area contributed by atoms with Crippen molar-refractivity contribution >= 4 is 59.6 Å². The lowest BCUT2D eigenvalue weighted by atomic mass is 10.0. The first-order chi connectivity index (χ1) is 36.9. The second kappa shape index (κ2) is 48.6. The molecule has 25 heteroatoms. The zero-order valence-corrected chi connectivity index (χ0v) is 45.1. The second-order valence-electron chi connectivity index (χ2n) is 18.7. The highest BCUT2D eigenvalue weighted by molar-refractivity contribution is 5.87. The number of unbranched alkanes of at least 4 members (excludes halogenated alkanes) is 14. The number of nitrogens with two attached hydrogens (primary N) is 1. The molecule has 0 aromatic carbocycles. The molecule has 0 spiro atoms. The van der Waals surface area contributed by atoms with Crippen LogP contribution in [0.3, 0.4) is 0 Å². The van der Waals surface area contributed by atoms with Gasteiger partial charge in [-0.1, -0.05) is 83.6 Å². The van der Waals surface area contributed by atoms with Crippen LogP contribution >= 0.6 is 0 Å². The van der Waals surface area contributed by atoms with Gasteiger partial charge in [-0.05, 0) is 51.4 Å². The van der Waals surface area contributed by atoms with Crippen LogP contribution in [0.15, 0.2) is 12.3 Å². The van der Waals surface area contributed by atoms with Gasteiger partial charge in [-0.2, -0.15) is 0 Å². The summed E-state index contributed by atoms with van der Waals surface area (Å²) in [6, 6.07) is -4.63. The van der Waals surface area contributed by atoms with Crippen molar-refractivity contribution in [2.24, 2.45) is 5.73 Å². The van der Waals surface area contributed by atoms with Crippen LogP contribution in [0.4, 0.5) is 0 Å². The monoisotopic (exact) mass is 1100 g/mol. The van der Waals surface area contributed by atoms with E-state index in [9.17, 15) is 63.3 Å². The topological polar surface area (TPSA) is 387 Å². The minimum absolute atomic E-state index is 0.0419. The van der Waals surface area contributed by atoms with E-state index in [0.29, 0.717) is 44.9 Å². The number of rotatable bonds is 54. The summed E-state index contributed by atoms with van der Waals surface area (Å²) in [5.74, 6) is -6.91. The number of aliphatic hydroxyl groups excluding tert-OH is 1. The Bertz CT molecular complexity index is 1720. The molecule has 0 bridgehead atoms. The van der Waals surface area contributed by atoms with Crippen LogP contribution < -0.4 is 37.6 Å². The van der Waals surface area contributed by atoms with E-state index in [2.05, 4.69) is 38.5 Å². The zero-order chi connectivity index (χ0) is 57.3. The number of carboxylic acid groups (broad SMARTS) is 3. The Kier molecular flexibility index (Phi) is 45.0. The molecule has 0 aliphatic carbocycles. The molecule has 0 aromatic rings. The summed E-state index contributed by atoms with van der Waals surface area (Å²) in [5, 5.41) is 52.5. The molecular weight excluding hydrogens is 1010 g/mol. The Morgan fingerprint density at radius 1 is 0.390 bits per heavy atom. The summed E-state index contributed by atoms with van der Waals surface area (Å²) in [4.78, 5) is 119. The maximum absolute atomic E-state index is 12.4. The molecule has 77 heavy (non-hydrogen) atoms. The fourth-order valence-electron chi connectivity index (χ4n) is 7.43. The minimum atomic E-state index is -1.48. The van der Waals surface area contributed by atoms with Crippen LogP contribution in [0.5, 0.6) is 0 Å². The minimum Gasteiger partial charge on any atom is -0.513 e. The predicted molar refractivity (Wildman–Crippen MR) is 282 cm³/mol. The third-order valence-electron chi connectivity index (χ3n) is 11.8. The molecule has 12 N–H and O–H groups in total. The Hall–Kier alpha value is -5.76. The van der Waals surface area contributed by atoms with Crippen molar-refractivity contribution in [1.82, 2.24) is 31.9 Å². The van der Waals surface area contributed by atoms with E-state index in [0.717, 1.165) is 32.1 Å². The van der Waals surface area contributed by atoms with E-state index in [-0.39, 0.29) is 115 Å². The second-order valence-corrected chi connectivity index (χ2v) is 18.7. The van der Waals surface area contributed by atoms with Gasteiger partial charge in [-0.25, -0.2) is 14.4 Å². The number of amides is 6. The van der Waals surface area contributed by atoms with E-state index in [1.165, 1.54) is 51.4 Å². The number of carbonyl (C=O) groups is 10. The highest BCUT2D eigenvalue weighted by Gasteiger charge is 2.25. The number of aliphatic hydroxyl groups is 1. The third-order valence-corrected chi connectivity index (χ3v) is 11.8. The number of hydrogen-bond acceptors (Lipinski definition) is 16. The summed E-state index contributed by atoms with van der Waals surface area (Å²) in [7, 11) is 0. The smallest absolute Gasteiger partial charge is 0.326 e. The molecule has 0 aliphatic rings. The fourth-order valence-corrected chi connectivity index (χ4v) is 7.43. The van der Waals surface area contributed by atoms with Crippen LogP contribution in [0, 0.1) is 0 Å². The molecule has 442 valence electrons. The number of carboxylic acids is 3. The summed E-state index contributed by atoms with van der Waals surface area (Å²) in [6.07, 6.45) is 17.5. The van der Waals surface area contributed by atoms with Crippen LogP contribution in [0.25, 0.3) is 0 Å². The molecule has 0 saturated heterocycles. The van der Waals surface area contributed by atoms with Crippen molar-refractivity contribution in [2.45, 2.75) is 185 Å². The SMILES string of the molecule is C=C(O)CCCCCCCCCCCCCCCCC(=O)NC(CCC(=O)NCCOCCOCC(=O)NCCOCCOCC(=O)N[C@@H](CCC(=O)NC(CCC(=O)NCCCCC(N)C=O)C(=O)O)C(=O)O)C(=O)O. The normalized spacial score (nSPS) is 12.5. The number of nitrogens with one attached hydrogen (secondary N) is 6. The Labute approximate surface area is 453 Å². The third kappa shape index (κ3) is 46.1.